The van der Waals surface area contributed by atoms with Gasteiger partial charge in [-0.25, -0.2) is 0 Å². The molecule has 2 rings (SSSR count). The van der Waals surface area contributed by atoms with Crippen molar-refractivity contribution in [3.63, 3.8) is 0 Å². The summed E-state index contributed by atoms with van der Waals surface area (Å²) in [7, 11) is 1.50. The van der Waals surface area contributed by atoms with Crippen molar-refractivity contribution in [2.45, 2.75) is 6.61 Å². The van der Waals surface area contributed by atoms with Gasteiger partial charge in [0.05, 0.1) is 15.8 Å². The van der Waals surface area contributed by atoms with Gasteiger partial charge >= 0.3 is 5.69 Å². The van der Waals surface area contributed by atoms with Gasteiger partial charge in [-0.3, -0.25) is 10.1 Å². The van der Waals surface area contributed by atoms with Crippen LogP contribution in [0.3, 0.4) is 0 Å². The summed E-state index contributed by atoms with van der Waals surface area (Å²) in [6, 6.07) is 8.23. The number of rotatable bonds is 5. The Morgan fingerprint density at radius 3 is 2.74 bits per heavy atom. The molecule has 1 heterocycles. The van der Waals surface area contributed by atoms with Crippen molar-refractivity contribution in [3.8, 4) is 11.5 Å². The maximum Gasteiger partial charge on any atom is 0.311 e. The topological polar surface area (TPSA) is 61.6 Å². The molecule has 0 N–H and O–H groups in total. The maximum atomic E-state index is 10.9. The lowest BCUT2D eigenvalue weighted by atomic mass is 10.3. The third-order valence-electron chi connectivity index (χ3n) is 2.36. The third-order valence-corrected chi connectivity index (χ3v) is 3.96. The Kier molecular flexibility index (Phi) is 4.39. The van der Waals surface area contributed by atoms with Crippen LogP contribution in [-0.2, 0) is 6.61 Å². The number of nitro benzene ring substituents is 1. The van der Waals surface area contributed by atoms with Crippen molar-refractivity contribution >= 4 is 33.0 Å². The molecule has 0 radical (unpaired) electrons. The molecule has 0 saturated heterocycles. The number of benzene rings is 1. The fraction of sp³-hybridized carbons (Fsp3) is 0.167. The Morgan fingerprint density at radius 1 is 1.37 bits per heavy atom. The molecule has 5 nitrogen and oxygen atoms in total. The molecule has 0 fully saturated rings. The van der Waals surface area contributed by atoms with E-state index < -0.39 is 4.92 Å². The molecule has 100 valence electrons. The molecule has 0 atom stereocenters. The van der Waals surface area contributed by atoms with Gasteiger partial charge in [0.2, 0.25) is 5.75 Å². The van der Waals surface area contributed by atoms with Crippen LogP contribution in [-0.4, -0.2) is 12.0 Å². The molecule has 7 heteroatoms. The molecule has 0 bridgehead atoms. The minimum absolute atomic E-state index is 0.0728. The van der Waals surface area contributed by atoms with Gasteiger partial charge in [-0.1, -0.05) is 0 Å². The summed E-state index contributed by atoms with van der Waals surface area (Å²) in [5, 5.41) is 10.9. The molecule has 1 aromatic carbocycles. The lowest BCUT2D eigenvalue weighted by molar-refractivity contribution is -0.386. The third kappa shape index (κ3) is 3.45. The van der Waals surface area contributed by atoms with Crippen LogP contribution in [0.25, 0.3) is 0 Å². The second-order valence-electron chi connectivity index (χ2n) is 3.59. The molecule has 0 unspecified atom stereocenters. The Labute approximate surface area is 122 Å². The Bertz CT molecular complexity index is 599. The van der Waals surface area contributed by atoms with Crippen molar-refractivity contribution in [2.24, 2.45) is 0 Å². The van der Waals surface area contributed by atoms with Crippen molar-refractivity contribution in [2.75, 3.05) is 7.11 Å². The minimum atomic E-state index is -0.473. The molecule has 0 aliphatic heterocycles. The van der Waals surface area contributed by atoms with Gasteiger partial charge in [-0.05, 0) is 34.1 Å². The highest BCUT2D eigenvalue weighted by Crippen LogP contribution is 2.32. The largest absolute Gasteiger partial charge is 0.497 e. The molecule has 0 saturated carbocycles. The summed E-state index contributed by atoms with van der Waals surface area (Å²) in [6.45, 7) is 0.282. The lowest BCUT2D eigenvalue weighted by Crippen LogP contribution is -1.98. The predicted molar refractivity (Wildman–Crippen MR) is 76.0 cm³/mol. The average Bonchev–Trinajstić information content (AvgIpc) is 2.81. The van der Waals surface area contributed by atoms with Gasteiger partial charge in [0.25, 0.3) is 0 Å². The quantitative estimate of drug-likeness (QED) is 0.607. The summed E-state index contributed by atoms with van der Waals surface area (Å²) < 4.78 is 11.5. The number of halogens is 1. The summed E-state index contributed by atoms with van der Waals surface area (Å²) in [5.74, 6) is 0.724. The fourth-order valence-electron chi connectivity index (χ4n) is 1.47. The van der Waals surface area contributed by atoms with Crippen LogP contribution >= 0.6 is 27.3 Å². The first-order valence-corrected chi connectivity index (χ1v) is 6.90. The van der Waals surface area contributed by atoms with E-state index in [9.17, 15) is 10.1 Å². The van der Waals surface area contributed by atoms with Gasteiger partial charge in [0.1, 0.15) is 12.4 Å². The number of hydrogen-bond acceptors (Lipinski definition) is 5. The Hall–Kier alpha value is -1.60. The highest BCUT2D eigenvalue weighted by Gasteiger charge is 2.16. The van der Waals surface area contributed by atoms with Crippen molar-refractivity contribution < 1.29 is 14.4 Å². The standard InChI is InChI=1S/C12H10BrNO4S/c1-17-8-2-4-10(14(15)16)11(6-8)18-7-9-3-5-12(13)19-9/h2-6H,7H2,1H3. The highest BCUT2D eigenvalue weighted by atomic mass is 79.9. The SMILES string of the molecule is COc1ccc([N+](=O)[O-])c(OCc2ccc(Br)s2)c1. The van der Waals surface area contributed by atoms with Crippen LogP contribution < -0.4 is 9.47 Å². The molecule has 2 aromatic rings. The zero-order chi connectivity index (χ0) is 13.8. The number of nitro groups is 1. The van der Waals surface area contributed by atoms with E-state index in [2.05, 4.69) is 15.9 Å². The fourth-order valence-corrected chi connectivity index (χ4v) is 2.86. The smallest absolute Gasteiger partial charge is 0.311 e. The van der Waals surface area contributed by atoms with Crippen molar-refractivity contribution in [1.82, 2.24) is 0 Å². The van der Waals surface area contributed by atoms with Gasteiger partial charge < -0.3 is 9.47 Å². The molecule has 1 aromatic heterocycles. The van der Waals surface area contributed by atoms with Crippen molar-refractivity contribution in [1.29, 1.82) is 0 Å². The molecule has 0 aliphatic carbocycles. The zero-order valence-electron chi connectivity index (χ0n) is 9.96. The maximum absolute atomic E-state index is 10.9. The number of ether oxygens (including phenoxy) is 2. The molecule has 19 heavy (non-hydrogen) atoms. The van der Waals surface area contributed by atoms with Crippen LogP contribution in [0.5, 0.6) is 11.5 Å². The van der Waals surface area contributed by atoms with E-state index in [1.807, 2.05) is 12.1 Å². The Morgan fingerprint density at radius 2 is 2.16 bits per heavy atom. The van der Waals surface area contributed by atoms with Crippen LogP contribution in [0.15, 0.2) is 34.1 Å². The number of thiophene rings is 1. The van der Waals surface area contributed by atoms with E-state index in [0.29, 0.717) is 5.75 Å². The first-order chi connectivity index (χ1) is 9.10. The van der Waals surface area contributed by atoms with Gasteiger partial charge in [0.15, 0.2) is 0 Å². The van der Waals surface area contributed by atoms with Gasteiger partial charge in [-0.2, -0.15) is 0 Å². The molecular formula is C12H10BrNO4S. The van der Waals surface area contributed by atoms with E-state index in [1.165, 1.54) is 36.6 Å². The minimum Gasteiger partial charge on any atom is -0.497 e. The summed E-state index contributed by atoms with van der Waals surface area (Å²) in [4.78, 5) is 11.4. The van der Waals surface area contributed by atoms with E-state index in [-0.39, 0.29) is 18.0 Å². The summed E-state index contributed by atoms with van der Waals surface area (Å²) in [6.07, 6.45) is 0. The summed E-state index contributed by atoms with van der Waals surface area (Å²) in [5.41, 5.74) is -0.0728. The van der Waals surface area contributed by atoms with Gasteiger partial charge in [0, 0.05) is 17.0 Å². The number of methoxy groups -OCH3 is 1. The highest BCUT2D eigenvalue weighted by molar-refractivity contribution is 9.11. The second-order valence-corrected chi connectivity index (χ2v) is 6.13. The van der Waals surface area contributed by atoms with Crippen molar-refractivity contribution in [3.05, 3.63) is 49.1 Å². The first-order valence-electron chi connectivity index (χ1n) is 5.29. The number of hydrogen-bond donors (Lipinski definition) is 0. The molecule has 0 aliphatic rings. The van der Waals surface area contributed by atoms with E-state index in [1.54, 1.807) is 0 Å². The normalized spacial score (nSPS) is 10.2. The zero-order valence-corrected chi connectivity index (χ0v) is 12.4. The second kappa shape index (κ2) is 6.03. The van der Waals surface area contributed by atoms with Crippen LogP contribution in [0.1, 0.15) is 4.88 Å². The average molecular weight is 344 g/mol. The molecular weight excluding hydrogens is 334 g/mol. The van der Waals surface area contributed by atoms with E-state index in [4.69, 9.17) is 9.47 Å². The van der Waals surface area contributed by atoms with Crippen LogP contribution in [0.4, 0.5) is 5.69 Å². The number of nitrogens with zero attached hydrogens (tertiary/aromatic N) is 1. The first kappa shape index (κ1) is 13.8. The monoisotopic (exact) mass is 343 g/mol. The van der Waals surface area contributed by atoms with Crippen LogP contribution in [0, 0.1) is 10.1 Å². The predicted octanol–water partition coefficient (Wildman–Crippen LogP) is 4.01. The van der Waals surface area contributed by atoms with E-state index in [0.717, 1.165) is 8.66 Å². The van der Waals surface area contributed by atoms with E-state index >= 15 is 0 Å². The lowest BCUT2D eigenvalue weighted by Gasteiger charge is -2.07. The summed E-state index contributed by atoms with van der Waals surface area (Å²) >= 11 is 4.88. The molecule has 0 amide bonds. The Balaban J connectivity index is 2.19. The van der Waals surface area contributed by atoms with Crippen LogP contribution in [0.2, 0.25) is 0 Å². The molecule has 0 spiro atoms. The van der Waals surface area contributed by atoms with Gasteiger partial charge in [-0.15, -0.1) is 11.3 Å².